The van der Waals surface area contributed by atoms with Gasteiger partial charge in [0.1, 0.15) is 0 Å². The summed E-state index contributed by atoms with van der Waals surface area (Å²) in [4.78, 5) is 0. The standard InChI is InChI=1S/C7H13N2S/c1-3-8-4-2-7(1)5-9-6-10-7/h6,8-9H,1-5H2. The second-order valence-corrected chi connectivity index (χ2v) is 4.39. The van der Waals surface area contributed by atoms with Crippen LogP contribution in [0.25, 0.3) is 0 Å². The molecule has 0 aromatic rings. The van der Waals surface area contributed by atoms with Crippen molar-refractivity contribution >= 4 is 11.8 Å². The normalized spacial score (nSPS) is 31.2. The first-order chi connectivity index (χ1) is 4.91. The predicted octanol–water partition coefficient (Wildman–Crippen LogP) is 0.564. The van der Waals surface area contributed by atoms with E-state index in [0.29, 0.717) is 4.75 Å². The molecular weight excluding hydrogens is 144 g/mol. The van der Waals surface area contributed by atoms with Crippen molar-refractivity contribution in [2.45, 2.75) is 17.6 Å². The lowest BCUT2D eigenvalue weighted by molar-refractivity contribution is 0.416. The van der Waals surface area contributed by atoms with E-state index < -0.39 is 0 Å². The first-order valence-corrected chi connectivity index (χ1v) is 4.73. The lowest BCUT2D eigenvalue weighted by Crippen LogP contribution is -2.41. The molecule has 2 aliphatic rings. The number of rotatable bonds is 0. The third kappa shape index (κ3) is 1.18. The van der Waals surface area contributed by atoms with Crippen molar-refractivity contribution in [1.29, 1.82) is 0 Å². The monoisotopic (exact) mass is 157 g/mol. The minimum Gasteiger partial charge on any atom is -0.317 e. The Morgan fingerprint density at radius 1 is 1.30 bits per heavy atom. The van der Waals surface area contributed by atoms with Gasteiger partial charge in [0, 0.05) is 11.3 Å². The van der Waals surface area contributed by atoms with E-state index in [2.05, 4.69) is 16.5 Å². The van der Waals surface area contributed by atoms with Crippen LogP contribution >= 0.6 is 11.8 Å². The van der Waals surface area contributed by atoms with E-state index >= 15 is 0 Å². The molecule has 2 nitrogen and oxygen atoms in total. The van der Waals surface area contributed by atoms with E-state index in [-0.39, 0.29) is 0 Å². The summed E-state index contributed by atoms with van der Waals surface area (Å²) in [5.74, 6) is 2.14. The molecule has 3 heteroatoms. The third-order valence-electron chi connectivity index (χ3n) is 2.33. The molecule has 2 aliphatic heterocycles. The average Bonchev–Trinajstić information content (AvgIpc) is 2.39. The van der Waals surface area contributed by atoms with Crippen LogP contribution in [0.3, 0.4) is 0 Å². The Morgan fingerprint density at radius 2 is 2.10 bits per heavy atom. The van der Waals surface area contributed by atoms with Gasteiger partial charge < -0.3 is 10.6 Å². The summed E-state index contributed by atoms with van der Waals surface area (Å²) < 4.78 is 0.561. The maximum Gasteiger partial charge on any atom is 0.0789 e. The van der Waals surface area contributed by atoms with Crippen LogP contribution in [0, 0.1) is 5.88 Å². The molecule has 0 aromatic carbocycles. The highest BCUT2D eigenvalue weighted by Gasteiger charge is 2.35. The SMILES string of the molecule is [CH]1NCC2(CCNCC2)S1. The van der Waals surface area contributed by atoms with Crippen molar-refractivity contribution in [3.05, 3.63) is 5.88 Å². The summed E-state index contributed by atoms with van der Waals surface area (Å²) in [5.41, 5.74) is 0. The van der Waals surface area contributed by atoms with Gasteiger partial charge in [-0.2, -0.15) is 0 Å². The molecule has 0 atom stereocenters. The fourth-order valence-electron chi connectivity index (χ4n) is 1.61. The van der Waals surface area contributed by atoms with Gasteiger partial charge >= 0.3 is 0 Å². The second-order valence-electron chi connectivity index (χ2n) is 3.05. The van der Waals surface area contributed by atoms with Crippen LogP contribution in [0.5, 0.6) is 0 Å². The highest BCUT2D eigenvalue weighted by molar-refractivity contribution is 8.02. The Kier molecular flexibility index (Phi) is 1.89. The highest BCUT2D eigenvalue weighted by atomic mass is 32.2. The van der Waals surface area contributed by atoms with E-state index in [0.717, 1.165) is 0 Å². The summed E-state index contributed by atoms with van der Waals surface area (Å²) in [6.07, 6.45) is 2.64. The lowest BCUT2D eigenvalue weighted by Gasteiger charge is -2.31. The van der Waals surface area contributed by atoms with Crippen molar-refractivity contribution in [1.82, 2.24) is 10.6 Å². The third-order valence-corrected chi connectivity index (χ3v) is 3.67. The molecule has 57 valence electrons. The zero-order valence-corrected chi connectivity index (χ0v) is 6.84. The number of hydrogen-bond acceptors (Lipinski definition) is 3. The van der Waals surface area contributed by atoms with Gasteiger partial charge in [-0.05, 0) is 25.9 Å². The molecule has 0 aromatic heterocycles. The van der Waals surface area contributed by atoms with Crippen molar-refractivity contribution < 1.29 is 0 Å². The molecule has 2 heterocycles. The molecule has 1 radical (unpaired) electrons. The molecule has 0 saturated carbocycles. The summed E-state index contributed by atoms with van der Waals surface area (Å²) >= 11 is 1.99. The molecule has 1 spiro atoms. The van der Waals surface area contributed by atoms with Crippen LogP contribution in [-0.4, -0.2) is 24.4 Å². The van der Waals surface area contributed by atoms with Gasteiger partial charge in [0.25, 0.3) is 0 Å². The molecule has 2 rings (SSSR count). The summed E-state index contributed by atoms with van der Waals surface area (Å²) in [7, 11) is 0. The molecule has 10 heavy (non-hydrogen) atoms. The highest BCUT2D eigenvalue weighted by Crippen LogP contribution is 2.38. The molecule has 0 aliphatic carbocycles. The Bertz CT molecular complexity index is 113. The van der Waals surface area contributed by atoms with E-state index in [9.17, 15) is 0 Å². The summed E-state index contributed by atoms with van der Waals surface area (Å²) in [6.45, 7) is 3.57. The summed E-state index contributed by atoms with van der Waals surface area (Å²) in [6, 6.07) is 0. The number of thioether (sulfide) groups is 1. The van der Waals surface area contributed by atoms with E-state index in [1.807, 2.05) is 11.8 Å². The van der Waals surface area contributed by atoms with Gasteiger partial charge in [-0.25, -0.2) is 0 Å². The molecule has 0 bridgehead atoms. The van der Waals surface area contributed by atoms with Crippen molar-refractivity contribution in [3.8, 4) is 0 Å². The summed E-state index contributed by atoms with van der Waals surface area (Å²) in [5, 5.41) is 6.67. The molecular formula is C7H13N2S. The van der Waals surface area contributed by atoms with Gasteiger partial charge in [0.2, 0.25) is 0 Å². The van der Waals surface area contributed by atoms with Crippen LogP contribution in [0.1, 0.15) is 12.8 Å². The number of nitrogens with one attached hydrogen (secondary N) is 2. The largest absolute Gasteiger partial charge is 0.317 e. The Labute approximate surface area is 66.1 Å². The zero-order chi connectivity index (χ0) is 6.86. The number of piperidine rings is 1. The van der Waals surface area contributed by atoms with Crippen molar-refractivity contribution in [2.75, 3.05) is 19.6 Å². The van der Waals surface area contributed by atoms with E-state index in [4.69, 9.17) is 0 Å². The van der Waals surface area contributed by atoms with Crippen LogP contribution in [0.4, 0.5) is 0 Å². The van der Waals surface area contributed by atoms with Gasteiger partial charge in [-0.15, -0.1) is 11.8 Å². The Morgan fingerprint density at radius 3 is 2.70 bits per heavy atom. The Balaban J connectivity index is 1.98. The van der Waals surface area contributed by atoms with Gasteiger partial charge in [-0.3, -0.25) is 0 Å². The molecule has 0 unspecified atom stereocenters. The van der Waals surface area contributed by atoms with Crippen molar-refractivity contribution in [2.24, 2.45) is 0 Å². The molecule has 0 amide bonds. The van der Waals surface area contributed by atoms with Crippen LogP contribution in [0.15, 0.2) is 0 Å². The minimum absolute atomic E-state index is 0.561. The molecule has 2 N–H and O–H groups in total. The second kappa shape index (κ2) is 2.72. The first-order valence-electron chi connectivity index (χ1n) is 3.85. The number of hydrogen-bond donors (Lipinski definition) is 2. The van der Waals surface area contributed by atoms with Gasteiger partial charge in [-0.1, -0.05) is 0 Å². The van der Waals surface area contributed by atoms with Crippen molar-refractivity contribution in [3.63, 3.8) is 0 Å². The zero-order valence-electron chi connectivity index (χ0n) is 6.02. The van der Waals surface area contributed by atoms with Crippen LogP contribution in [-0.2, 0) is 0 Å². The maximum atomic E-state index is 3.38. The fraction of sp³-hybridized carbons (Fsp3) is 0.857. The average molecular weight is 157 g/mol. The fourth-order valence-corrected chi connectivity index (χ4v) is 2.64. The molecule has 2 saturated heterocycles. The minimum atomic E-state index is 0.561. The van der Waals surface area contributed by atoms with Crippen LogP contribution < -0.4 is 10.6 Å². The maximum absolute atomic E-state index is 3.38. The van der Waals surface area contributed by atoms with Gasteiger partial charge in [0.15, 0.2) is 0 Å². The van der Waals surface area contributed by atoms with E-state index in [1.54, 1.807) is 0 Å². The smallest absolute Gasteiger partial charge is 0.0789 e. The predicted molar refractivity (Wildman–Crippen MR) is 44.7 cm³/mol. The van der Waals surface area contributed by atoms with Gasteiger partial charge in [0.05, 0.1) is 5.88 Å². The topological polar surface area (TPSA) is 24.1 Å². The Hall–Kier alpha value is 0.270. The lowest BCUT2D eigenvalue weighted by atomic mass is 9.97. The van der Waals surface area contributed by atoms with Crippen LogP contribution in [0.2, 0.25) is 0 Å². The molecule has 2 fully saturated rings. The first kappa shape index (κ1) is 6.95. The van der Waals surface area contributed by atoms with E-state index in [1.165, 1.54) is 32.5 Å². The quantitative estimate of drug-likeness (QED) is 0.537.